The molecule has 0 heterocycles. The minimum Gasteiger partial charge on any atom is -0.508 e. The molecule has 214 valence electrons. The van der Waals surface area contributed by atoms with Crippen molar-refractivity contribution in [2.45, 2.75) is 51.6 Å². The van der Waals surface area contributed by atoms with E-state index in [1.807, 2.05) is 0 Å². The first-order valence-corrected chi connectivity index (χ1v) is 13.2. The Balaban J connectivity index is 1.66. The molecule has 0 aliphatic heterocycles. The SMILES string of the molecule is CC(C)(Oc1ccc(Cl)cc1)C(=O)OCC(COCc1ccccc1O)OC(=O)C(C)(C)Oc1ccc(Cl)cc1. The van der Waals surface area contributed by atoms with Crippen LogP contribution in [0.3, 0.4) is 0 Å². The normalized spacial score (nSPS) is 12.3. The zero-order valence-corrected chi connectivity index (χ0v) is 24.2. The van der Waals surface area contributed by atoms with Gasteiger partial charge in [-0.05, 0) is 82.3 Å². The maximum atomic E-state index is 13.1. The summed E-state index contributed by atoms with van der Waals surface area (Å²) in [5, 5.41) is 11.1. The highest BCUT2D eigenvalue weighted by molar-refractivity contribution is 6.30. The van der Waals surface area contributed by atoms with Gasteiger partial charge in [0.05, 0.1) is 13.2 Å². The Morgan fingerprint density at radius 1 is 0.750 bits per heavy atom. The van der Waals surface area contributed by atoms with Gasteiger partial charge in [0.2, 0.25) is 0 Å². The second kappa shape index (κ2) is 13.7. The fraction of sp³-hybridized carbons (Fsp3) is 0.333. The van der Waals surface area contributed by atoms with Gasteiger partial charge in [-0.15, -0.1) is 0 Å². The van der Waals surface area contributed by atoms with Crippen molar-refractivity contribution in [1.29, 1.82) is 0 Å². The Morgan fingerprint density at radius 3 is 1.77 bits per heavy atom. The van der Waals surface area contributed by atoms with Gasteiger partial charge in [-0.1, -0.05) is 41.4 Å². The van der Waals surface area contributed by atoms with Crippen LogP contribution in [0.1, 0.15) is 33.3 Å². The number of hydrogen-bond donors (Lipinski definition) is 1. The molecule has 0 radical (unpaired) electrons. The minimum absolute atomic E-state index is 0.0461. The number of carbonyl (C=O) groups is 2. The predicted octanol–water partition coefficient (Wildman–Crippen LogP) is 6.39. The van der Waals surface area contributed by atoms with Crippen LogP contribution in [0.15, 0.2) is 72.8 Å². The van der Waals surface area contributed by atoms with Crippen LogP contribution in [0.25, 0.3) is 0 Å². The van der Waals surface area contributed by atoms with Crippen LogP contribution in [0, 0.1) is 0 Å². The molecule has 1 unspecified atom stereocenters. The Hall–Kier alpha value is -3.46. The van der Waals surface area contributed by atoms with E-state index in [9.17, 15) is 14.7 Å². The topological polar surface area (TPSA) is 101 Å². The third-order valence-corrected chi connectivity index (χ3v) is 6.09. The maximum Gasteiger partial charge on any atom is 0.350 e. The number of esters is 2. The summed E-state index contributed by atoms with van der Waals surface area (Å²) in [7, 11) is 0. The molecule has 0 bridgehead atoms. The van der Waals surface area contributed by atoms with Crippen LogP contribution in [0.4, 0.5) is 0 Å². The van der Waals surface area contributed by atoms with Crippen molar-refractivity contribution in [2.75, 3.05) is 13.2 Å². The van der Waals surface area contributed by atoms with Crippen LogP contribution < -0.4 is 9.47 Å². The first-order chi connectivity index (χ1) is 18.9. The smallest absolute Gasteiger partial charge is 0.350 e. The number of benzene rings is 3. The van der Waals surface area contributed by atoms with E-state index in [1.54, 1.807) is 94.4 Å². The molecule has 0 aliphatic rings. The first-order valence-electron chi connectivity index (χ1n) is 12.5. The molecule has 0 aliphatic carbocycles. The van der Waals surface area contributed by atoms with Gasteiger partial charge in [-0.3, -0.25) is 0 Å². The molecule has 0 saturated heterocycles. The van der Waals surface area contributed by atoms with Crippen LogP contribution in [-0.2, 0) is 30.4 Å². The Labute approximate surface area is 243 Å². The molecule has 1 N–H and O–H groups in total. The quantitative estimate of drug-likeness (QED) is 0.229. The molecule has 3 rings (SSSR count). The van der Waals surface area contributed by atoms with Crippen molar-refractivity contribution >= 4 is 35.1 Å². The zero-order valence-electron chi connectivity index (χ0n) is 22.7. The van der Waals surface area contributed by atoms with E-state index >= 15 is 0 Å². The second-order valence-electron chi connectivity index (χ2n) is 9.90. The summed E-state index contributed by atoms with van der Waals surface area (Å²) in [6, 6.07) is 19.8. The standard InChI is InChI=1S/C30H32Cl2O8/c1-29(2,39-23-13-9-21(31)10-14-23)27(34)37-19-25(18-36-17-20-7-5-6-8-26(20)33)38-28(35)30(3,4)40-24-15-11-22(32)12-16-24/h5-16,25,33H,17-19H2,1-4H3. The number of para-hydroxylation sites is 1. The molecule has 0 fully saturated rings. The average Bonchev–Trinajstić information content (AvgIpc) is 2.90. The van der Waals surface area contributed by atoms with Gasteiger partial charge in [-0.25, -0.2) is 9.59 Å². The lowest BCUT2D eigenvalue weighted by atomic mass is 10.1. The van der Waals surface area contributed by atoms with E-state index in [2.05, 4.69) is 0 Å². The van der Waals surface area contributed by atoms with Crippen molar-refractivity contribution in [1.82, 2.24) is 0 Å². The molecule has 0 aromatic heterocycles. The van der Waals surface area contributed by atoms with E-state index in [1.165, 1.54) is 6.07 Å². The number of phenolic OH excluding ortho intramolecular Hbond substituents is 1. The fourth-order valence-corrected chi connectivity index (χ4v) is 3.61. The first kappa shape index (κ1) is 31.1. The van der Waals surface area contributed by atoms with E-state index in [0.717, 1.165) is 0 Å². The summed E-state index contributed by atoms with van der Waals surface area (Å²) in [6.45, 7) is 5.84. The molecular weight excluding hydrogens is 559 g/mol. The summed E-state index contributed by atoms with van der Waals surface area (Å²) < 4.78 is 28.5. The molecule has 1 atom stereocenters. The van der Waals surface area contributed by atoms with E-state index < -0.39 is 29.2 Å². The second-order valence-corrected chi connectivity index (χ2v) is 10.8. The third kappa shape index (κ3) is 9.33. The van der Waals surface area contributed by atoms with Gasteiger partial charge in [0.15, 0.2) is 17.3 Å². The Bertz CT molecular complexity index is 1270. The van der Waals surface area contributed by atoms with Gasteiger partial charge in [0.25, 0.3) is 0 Å². The molecular formula is C30H32Cl2O8. The van der Waals surface area contributed by atoms with Gasteiger partial charge in [-0.2, -0.15) is 0 Å². The lowest BCUT2D eigenvalue weighted by molar-refractivity contribution is -0.178. The highest BCUT2D eigenvalue weighted by Gasteiger charge is 2.36. The van der Waals surface area contributed by atoms with Crippen LogP contribution in [0.5, 0.6) is 17.2 Å². The summed E-state index contributed by atoms with van der Waals surface area (Å²) in [5.41, 5.74) is -2.19. The summed E-state index contributed by atoms with van der Waals surface area (Å²) in [6.07, 6.45) is -0.985. The fourth-order valence-electron chi connectivity index (χ4n) is 3.36. The summed E-state index contributed by atoms with van der Waals surface area (Å²) >= 11 is 11.8. The van der Waals surface area contributed by atoms with Crippen molar-refractivity contribution in [2.24, 2.45) is 0 Å². The van der Waals surface area contributed by atoms with Crippen molar-refractivity contribution < 1.29 is 38.4 Å². The summed E-state index contributed by atoms with van der Waals surface area (Å²) in [4.78, 5) is 26.0. The number of phenols is 1. The number of carbonyl (C=O) groups excluding carboxylic acids is 2. The Kier molecular flexibility index (Phi) is 10.7. The molecule has 40 heavy (non-hydrogen) atoms. The monoisotopic (exact) mass is 590 g/mol. The average molecular weight is 591 g/mol. The third-order valence-electron chi connectivity index (χ3n) is 5.58. The van der Waals surface area contributed by atoms with Crippen molar-refractivity contribution in [3.05, 3.63) is 88.4 Å². The van der Waals surface area contributed by atoms with Crippen LogP contribution in [-0.4, -0.2) is 47.6 Å². The van der Waals surface area contributed by atoms with E-state index in [-0.39, 0.29) is 25.6 Å². The molecule has 8 nitrogen and oxygen atoms in total. The van der Waals surface area contributed by atoms with E-state index in [4.69, 9.17) is 46.9 Å². The minimum atomic E-state index is -1.38. The highest BCUT2D eigenvalue weighted by Crippen LogP contribution is 2.24. The lowest BCUT2D eigenvalue weighted by Gasteiger charge is -2.28. The number of ether oxygens (including phenoxy) is 5. The molecule has 10 heteroatoms. The lowest BCUT2D eigenvalue weighted by Crippen LogP contribution is -2.45. The largest absolute Gasteiger partial charge is 0.508 e. The predicted molar refractivity (Wildman–Crippen MR) is 151 cm³/mol. The van der Waals surface area contributed by atoms with E-state index in [0.29, 0.717) is 27.1 Å². The number of aromatic hydroxyl groups is 1. The number of hydrogen-bond acceptors (Lipinski definition) is 8. The van der Waals surface area contributed by atoms with Gasteiger partial charge >= 0.3 is 11.9 Å². The van der Waals surface area contributed by atoms with Gasteiger partial charge in [0, 0.05) is 15.6 Å². The molecule has 0 spiro atoms. The number of rotatable bonds is 13. The van der Waals surface area contributed by atoms with Gasteiger partial charge < -0.3 is 28.8 Å². The summed E-state index contributed by atoms with van der Waals surface area (Å²) in [5.74, 6) is -0.457. The molecule has 3 aromatic rings. The van der Waals surface area contributed by atoms with Crippen molar-refractivity contribution in [3.8, 4) is 17.2 Å². The molecule has 0 amide bonds. The number of halogens is 2. The van der Waals surface area contributed by atoms with Gasteiger partial charge in [0.1, 0.15) is 23.9 Å². The highest BCUT2D eigenvalue weighted by atomic mass is 35.5. The molecule has 0 saturated carbocycles. The van der Waals surface area contributed by atoms with Crippen molar-refractivity contribution in [3.63, 3.8) is 0 Å². The van der Waals surface area contributed by atoms with Crippen LogP contribution >= 0.6 is 23.2 Å². The maximum absolute atomic E-state index is 13.1. The molecule has 3 aromatic carbocycles. The Morgan fingerprint density at radius 2 is 1.25 bits per heavy atom. The zero-order chi connectivity index (χ0) is 29.3. The van der Waals surface area contributed by atoms with Crippen LogP contribution in [0.2, 0.25) is 10.0 Å².